The molecular weight excluding hydrogens is 422 g/mol. The molecule has 10 heteroatoms. The van der Waals surface area contributed by atoms with Gasteiger partial charge in [-0.1, -0.05) is 12.9 Å². The quantitative estimate of drug-likeness (QED) is 0.622. The first-order valence-corrected chi connectivity index (χ1v) is 9.98. The number of carbonyl (C=O) groups is 2. The van der Waals surface area contributed by atoms with Crippen molar-refractivity contribution in [3.8, 4) is 5.75 Å². The molecule has 4 rings (SSSR count). The number of pyridine rings is 1. The van der Waals surface area contributed by atoms with Crippen molar-refractivity contribution < 1.29 is 30.3 Å². The van der Waals surface area contributed by atoms with E-state index in [4.69, 9.17) is 6.85 Å². The standard InChI is InChI=1S/C22H24F2N4O4/c1-3-25-15-8-13-10-27(4-2)22(32)18-20(30)19(29)16(17(15)28(13)18)21(31)26-9-11-5-6-12(23)7-14(11)24/h5-7,13,15,25,30H,3-4,8-10H2,1-2H3,(H,26,31)/t13-,15-/m1/s1/i1D3,3D2. The van der Waals surface area contributed by atoms with Gasteiger partial charge in [-0.15, -0.1) is 0 Å². The third-order valence-electron chi connectivity index (χ3n) is 5.86. The first-order valence-electron chi connectivity index (χ1n) is 12.5. The van der Waals surface area contributed by atoms with E-state index in [1.165, 1.54) is 9.47 Å². The van der Waals surface area contributed by atoms with Crippen LogP contribution in [-0.4, -0.2) is 46.0 Å². The molecule has 2 amide bonds. The molecule has 0 aliphatic carbocycles. The molecule has 8 nitrogen and oxygen atoms in total. The van der Waals surface area contributed by atoms with Crippen molar-refractivity contribution in [2.24, 2.45) is 0 Å². The zero-order chi connectivity index (χ0) is 27.4. The minimum atomic E-state index is -3.11. The molecule has 2 aliphatic rings. The van der Waals surface area contributed by atoms with Gasteiger partial charge in [-0.25, -0.2) is 8.78 Å². The normalized spacial score (nSPS) is 22.4. The maximum absolute atomic E-state index is 14.1. The number of amides is 2. The molecule has 1 aromatic heterocycles. The number of benzene rings is 1. The fourth-order valence-corrected chi connectivity index (χ4v) is 4.39. The number of aromatic nitrogens is 1. The number of carbonyl (C=O) groups excluding carboxylic acids is 2. The lowest BCUT2D eigenvalue weighted by Crippen LogP contribution is -2.44. The Morgan fingerprint density at radius 1 is 1.38 bits per heavy atom. The van der Waals surface area contributed by atoms with Crippen molar-refractivity contribution in [2.75, 3.05) is 19.6 Å². The Hall–Kier alpha value is -3.27. The fraction of sp³-hybridized carbons (Fsp3) is 0.409. The number of aromatic hydroxyl groups is 1. The molecule has 1 aromatic carbocycles. The summed E-state index contributed by atoms with van der Waals surface area (Å²) in [4.78, 5) is 40.8. The van der Waals surface area contributed by atoms with E-state index in [-0.39, 0.29) is 36.5 Å². The maximum Gasteiger partial charge on any atom is 0.274 e. The molecule has 2 atom stereocenters. The zero-order valence-corrected chi connectivity index (χ0v) is 17.0. The van der Waals surface area contributed by atoms with Crippen LogP contribution in [0.4, 0.5) is 8.78 Å². The van der Waals surface area contributed by atoms with Crippen LogP contribution in [-0.2, 0) is 6.54 Å². The molecular formula is C22H24F2N4O4. The summed E-state index contributed by atoms with van der Waals surface area (Å²) in [6.07, 6.45) is 0.0160. The Balaban J connectivity index is 1.82. The molecule has 0 unspecified atom stereocenters. The molecule has 32 heavy (non-hydrogen) atoms. The minimum absolute atomic E-state index is 0.0160. The van der Waals surface area contributed by atoms with E-state index in [1.54, 1.807) is 6.92 Å². The van der Waals surface area contributed by atoms with E-state index in [0.717, 1.165) is 12.1 Å². The van der Waals surface area contributed by atoms with Gasteiger partial charge in [-0.05, 0) is 25.9 Å². The summed E-state index contributed by atoms with van der Waals surface area (Å²) in [5.74, 6) is -4.48. The van der Waals surface area contributed by atoms with Gasteiger partial charge in [0, 0.05) is 38.1 Å². The highest BCUT2D eigenvalue weighted by atomic mass is 19.1. The number of hydrogen-bond donors (Lipinski definition) is 3. The van der Waals surface area contributed by atoms with Gasteiger partial charge in [-0.2, -0.15) is 0 Å². The summed E-state index contributed by atoms with van der Waals surface area (Å²) in [6, 6.07) is 0.911. The summed E-state index contributed by atoms with van der Waals surface area (Å²) in [7, 11) is 0. The fourth-order valence-electron chi connectivity index (χ4n) is 4.39. The molecule has 0 saturated heterocycles. The third-order valence-corrected chi connectivity index (χ3v) is 5.86. The Morgan fingerprint density at radius 3 is 2.84 bits per heavy atom. The molecule has 0 radical (unpaired) electrons. The number of likely N-dealkylation sites (N-methyl/N-ethyl adjacent to an activating group) is 1. The van der Waals surface area contributed by atoms with Crippen LogP contribution >= 0.6 is 0 Å². The average molecular weight is 451 g/mol. The van der Waals surface area contributed by atoms with Crippen molar-refractivity contribution in [3.05, 3.63) is 62.6 Å². The first kappa shape index (κ1) is 16.4. The lowest BCUT2D eigenvalue weighted by atomic mass is 10.0. The van der Waals surface area contributed by atoms with E-state index < -0.39 is 72.2 Å². The Bertz CT molecular complexity index is 1350. The zero-order valence-electron chi connectivity index (χ0n) is 22.0. The predicted octanol–water partition coefficient (Wildman–Crippen LogP) is 1.83. The monoisotopic (exact) mass is 451 g/mol. The lowest BCUT2D eigenvalue weighted by molar-refractivity contribution is 0.0675. The second kappa shape index (κ2) is 8.34. The molecule has 2 aromatic rings. The van der Waals surface area contributed by atoms with Crippen LogP contribution in [0.3, 0.4) is 0 Å². The number of nitrogens with zero attached hydrogens (tertiary/aromatic N) is 2. The second-order valence-electron chi connectivity index (χ2n) is 7.63. The van der Waals surface area contributed by atoms with Crippen LogP contribution in [0.2, 0.25) is 0 Å². The van der Waals surface area contributed by atoms with Crippen molar-refractivity contribution in [2.45, 2.75) is 38.8 Å². The summed E-state index contributed by atoms with van der Waals surface area (Å²) >= 11 is 0. The number of rotatable bonds is 6. The maximum atomic E-state index is 14.1. The van der Waals surface area contributed by atoms with Gasteiger partial charge in [0.25, 0.3) is 11.8 Å². The number of nitrogens with one attached hydrogen (secondary N) is 2. The lowest BCUT2D eigenvalue weighted by Gasteiger charge is -2.33. The molecule has 2 aliphatic heterocycles. The van der Waals surface area contributed by atoms with Gasteiger partial charge in [-0.3, -0.25) is 14.4 Å². The first-order chi connectivity index (χ1) is 17.2. The molecule has 0 fully saturated rings. The van der Waals surface area contributed by atoms with Crippen molar-refractivity contribution >= 4 is 11.8 Å². The molecule has 0 saturated carbocycles. The number of hydrogen-bond acceptors (Lipinski definition) is 5. The molecule has 0 bridgehead atoms. The van der Waals surface area contributed by atoms with E-state index >= 15 is 0 Å². The second-order valence-corrected chi connectivity index (χ2v) is 7.63. The average Bonchev–Trinajstić information content (AvgIpc) is 3.13. The van der Waals surface area contributed by atoms with E-state index in [9.17, 15) is 28.3 Å². The highest BCUT2D eigenvalue weighted by molar-refractivity contribution is 6.00. The molecule has 3 heterocycles. The summed E-state index contributed by atoms with van der Waals surface area (Å²) < 4.78 is 67.1. The van der Waals surface area contributed by atoms with Crippen LogP contribution in [0.25, 0.3) is 0 Å². The van der Waals surface area contributed by atoms with Crippen molar-refractivity contribution in [3.63, 3.8) is 0 Å². The molecule has 3 N–H and O–H groups in total. The summed E-state index contributed by atoms with van der Waals surface area (Å²) in [5, 5.41) is 15.4. The van der Waals surface area contributed by atoms with Crippen LogP contribution in [0, 0.1) is 11.6 Å². The predicted molar refractivity (Wildman–Crippen MR) is 112 cm³/mol. The Morgan fingerprint density at radius 2 is 2.16 bits per heavy atom. The van der Waals surface area contributed by atoms with Crippen molar-refractivity contribution in [1.29, 1.82) is 0 Å². The van der Waals surface area contributed by atoms with Gasteiger partial charge in [0.05, 0.1) is 17.8 Å². The summed E-state index contributed by atoms with van der Waals surface area (Å²) in [6.45, 7) is -4.43. The van der Waals surface area contributed by atoms with E-state index in [0.29, 0.717) is 6.07 Å². The van der Waals surface area contributed by atoms with Gasteiger partial charge in [0.1, 0.15) is 17.2 Å². The van der Waals surface area contributed by atoms with E-state index in [2.05, 4.69) is 10.6 Å². The third kappa shape index (κ3) is 3.44. The van der Waals surface area contributed by atoms with Gasteiger partial charge < -0.3 is 25.2 Å². The van der Waals surface area contributed by atoms with Gasteiger partial charge in [0.2, 0.25) is 5.43 Å². The van der Waals surface area contributed by atoms with Crippen LogP contribution in [0.1, 0.15) is 71.2 Å². The highest BCUT2D eigenvalue weighted by Gasteiger charge is 2.44. The van der Waals surface area contributed by atoms with Crippen molar-refractivity contribution in [1.82, 2.24) is 20.1 Å². The van der Waals surface area contributed by atoms with Gasteiger partial charge >= 0.3 is 0 Å². The largest absolute Gasteiger partial charge is 0.503 e. The number of halogens is 2. The Labute approximate surface area is 189 Å². The highest BCUT2D eigenvalue weighted by Crippen LogP contribution is 2.42. The van der Waals surface area contributed by atoms with Crippen LogP contribution < -0.4 is 16.1 Å². The summed E-state index contributed by atoms with van der Waals surface area (Å²) in [5.41, 5.74) is -2.47. The SMILES string of the molecule is [2H]C([2H])([2H])C([2H])([2H])N[C@@H]1C[C@@H]2CN(CC)C(=O)c3c(O)c(=O)c(C(=O)NCc4ccc(F)cc4F)c1n32. The topological polar surface area (TPSA) is 104 Å². The molecule has 0 spiro atoms. The van der Waals surface area contributed by atoms with Crippen LogP contribution in [0.5, 0.6) is 5.75 Å². The van der Waals surface area contributed by atoms with E-state index in [1.807, 2.05) is 0 Å². The minimum Gasteiger partial charge on any atom is -0.503 e. The smallest absolute Gasteiger partial charge is 0.274 e. The Kier molecular flexibility index (Phi) is 4.27. The van der Waals surface area contributed by atoms with Crippen LogP contribution in [0.15, 0.2) is 23.0 Å². The molecule has 170 valence electrons. The van der Waals surface area contributed by atoms with Gasteiger partial charge in [0.15, 0.2) is 11.4 Å².